The van der Waals surface area contributed by atoms with Crippen LogP contribution in [-0.2, 0) is 6.42 Å². The molecule has 7 rings (SSSR count). The van der Waals surface area contributed by atoms with Crippen LogP contribution in [0.5, 0.6) is 0 Å². The predicted molar refractivity (Wildman–Crippen MR) is 207 cm³/mol. The molecule has 3 heterocycles. The molecule has 0 aliphatic rings. The van der Waals surface area contributed by atoms with Crippen LogP contribution in [0, 0.1) is 18.8 Å². The molecule has 3 aromatic heterocycles. The van der Waals surface area contributed by atoms with E-state index in [-0.39, 0.29) is 0 Å². The third-order valence-corrected chi connectivity index (χ3v) is 12.1. The Morgan fingerprint density at radius 2 is 1.07 bits per heavy atom. The second kappa shape index (κ2) is 14.4. The Labute approximate surface area is 285 Å². The van der Waals surface area contributed by atoms with Crippen molar-refractivity contribution in [3.63, 3.8) is 0 Å². The molecular weight excluding hydrogens is 613 g/mol. The monoisotopic (exact) mass is 652 g/mol. The summed E-state index contributed by atoms with van der Waals surface area (Å²) in [4.78, 5) is 5.07. The fraction of sp³-hybridized carbons (Fsp3) is 0.256. The van der Waals surface area contributed by atoms with E-state index in [1.54, 1.807) is 11.3 Å². The maximum atomic E-state index is 3.31. The van der Waals surface area contributed by atoms with Crippen molar-refractivity contribution in [1.82, 2.24) is 0 Å². The van der Waals surface area contributed by atoms with Crippen LogP contribution >= 0.6 is 34.0 Å². The van der Waals surface area contributed by atoms with Crippen LogP contribution in [0.15, 0.2) is 97.1 Å². The van der Waals surface area contributed by atoms with Gasteiger partial charge in [-0.2, -0.15) is 0 Å². The largest absolute Gasteiger partial charge is 0.135 e. The Hall–Kier alpha value is -3.68. The molecule has 0 saturated carbocycles. The van der Waals surface area contributed by atoms with Crippen LogP contribution in [0.1, 0.15) is 79.2 Å². The summed E-state index contributed by atoms with van der Waals surface area (Å²) in [5, 5.41) is 5.27. The Balaban J connectivity index is 1.03. The summed E-state index contributed by atoms with van der Waals surface area (Å²) in [6.07, 6.45) is 12.2. The molecule has 230 valence electrons. The van der Waals surface area contributed by atoms with Gasteiger partial charge in [0.2, 0.25) is 0 Å². The van der Waals surface area contributed by atoms with Gasteiger partial charge in [0.25, 0.3) is 0 Å². The smallest absolute Gasteiger partial charge is 0.0775 e. The third-order valence-electron chi connectivity index (χ3n) is 8.91. The number of hydrogen-bond acceptors (Lipinski definition) is 3. The average molecular weight is 653 g/mol. The normalized spacial score (nSPS) is 11.4. The number of benzene rings is 4. The Morgan fingerprint density at radius 3 is 1.63 bits per heavy atom. The molecule has 7 aromatic rings. The minimum absolute atomic E-state index is 1.05. The van der Waals surface area contributed by atoms with E-state index in [9.17, 15) is 0 Å². The van der Waals surface area contributed by atoms with Gasteiger partial charge in [-0.05, 0) is 119 Å². The Bertz CT molecular complexity index is 2070. The highest BCUT2D eigenvalue weighted by Gasteiger charge is 2.10. The van der Waals surface area contributed by atoms with Crippen LogP contribution < -0.4 is 0 Å². The quantitative estimate of drug-likeness (QED) is 0.0963. The number of thiophene rings is 3. The zero-order valence-corrected chi connectivity index (χ0v) is 29.3. The van der Waals surface area contributed by atoms with E-state index in [2.05, 4.69) is 123 Å². The molecular formula is C43H40S3. The molecule has 0 saturated heterocycles. The maximum Gasteiger partial charge on any atom is 0.0775 e. The van der Waals surface area contributed by atoms with E-state index in [4.69, 9.17) is 0 Å². The fourth-order valence-electron chi connectivity index (χ4n) is 6.26. The molecule has 4 aromatic carbocycles. The second-order valence-corrected chi connectivity index (χ2v) is 16.0. The van der Waals surface area contributed by atoms with Gasteiger partial charge in [-0.15, -0.1) is 34.0 Å². The van der Waals surface area contributed by atoms with Gasteiger partial charge in [0, 0.05) is 29.6 Å². The zero-order chi connectivity index (χ0) is 31.3. The third kappa shape index (κ3) is 7.31. The van der Waals surface area contributed by atoms with Gasteiger partial charge < -0.3 is 0 Å². The van der Waals surface area contributed by atoms with Crippen LogP contribution in [0.4, 0.5) is 0 Å². The lowest BCUT2D eigenvalue weighted by molar-refractivity contribution is 0.575. The van der Waals surface area contributed by atoms with Crippen molar-refractivity contribution in [2.45, 2.75) is 71.6 Å². The molecule has 0 atom stereocenters. The van der Waals surface area contributed by atoms with Crippen LogP contribution in [0.3, 0.4) is 0 Å². The first-order valence-electron chi connectivity index (χ1n) is 16.8. The Kier molecular flexibility index (Phi) is 9.68. The van der Waals surface area contributed by atoms with Gasteiger partial charge in [0.05, 0.1) is 4.88 Å². The van der Waals surface area contributed by atoms with Gasteiger partial charge in [-0.1, -0.05) is 100 Å². The van der Waals surface area contributed by atoms with Crippen molar-refractivity contribution >= 4 is 65.0 Å². The van der Waals surface area contributed by atoms with E-state index < -0.39 is 0 Å². The zero-order valence-electron chi connectivity index (χ0n) is 26.8. The standard InChI is InChI=1S/C43H40S3/c1-3-4-5-6-7-8-9-10-11-31-13-18-33(19-14-31)40-28-37-24-35-27-43-38(25-36(35)26-42(37)45-40)29-41(46-43)34-20-15-32(16-21-34)17-23-39-22-12-30(2)44-39/h12-16,18-22,24-29H,3-11H2,1-2H3. The molecule has 46 heavy (non-hydrogen) atoms. The summed E-state index contributed by atoms with van der Waals surface area (Å²) in [7, 11) is 0. The van der Waals surface area contributed by atoms with Crippen molar-refractivity contribution in [3.8, 4) is 32.7 Å². The van der Waals surface area contributed by atoms with Crippen LogP contribution in [0.2, 0.25) is 0 Å². The topological polar surface area (TPSA) is 0 Å². The molecule has 0 fully saturated rings. The van der Waals surface area contributed by atoms with Gasteiger partial charge in [-0.25, -0.2) is 0 Å². The number of aryl methyl sites for hydroxylation is 2. The van der Waals surface area contributed by atoms with E-state index in [0.29, 0.717) is 0 Å². The average Bonchev–Trinajstić information content (AvgIpc) is 3.81. The van der Waals surface area contributed by atoms with Gasteiger partial charge in [0.15, 0.2) is 0 Å². The van der Waals surface area contributed by atoms with E-state index in [1.807, 2.05) is 22.7 Å². The lowest BCUT2D eigenvalue weighted by Crippen LogP contribution is -1.86. The molecule has 0 N–H and O–H groups in total. The fourth-order valence-corrected chi connectivity index (χ4v) is 9.18. The summed E-state index contributed by atoms with van der Waals surface area (Å²) in [6.45, 7) is 4.41. The number of fused-ring (bicyclic) bond motifs is 3. The lowest BCUT2D eigenvalue weighted by atomic mass is 10.0. The molecule has 0 nitrogen and oxygen atoms in total. The van der Waals surface area contributed by atoms with Crippen LogP contribution in [-0.4, -0.2) is 0 Å². The van der Waals surface area contributed by atoms with Gasteiger partial charge in [0.1, 0.15) is 0 Å². The van der Waals surface area contributed by atoms with Gasteiger partial charge >= 0.3 is 0 Å². The first-order chi connectivity index (χ1) is 22.6. The van der Waals surface area contributed by atoms with E-state index in [0.717, 1.165) is 10.4 Å². The minimum atomic E-state index is 1.05. The number of rotatable bonds is 11. The summed E-state index contributed by atoms with van der Waals surface area (Å²) in [6, 6.07) is 36.5. The highest BCUT2D eigenvalue weighted by atomic mass is 32.1. The molecule has 0 spiro atoms. The van der Waals surface area contributed by atoms with Crippen molar-refractivity contribution in [3.05, 3.63) is 118 Å². The van der Waals surface area contributed by atoms with Crippen molar-refractivity contribution < 1.29 is 0 Å². The highest BCUT2D eigenvalue weighted by molar-refractivity contribution is 7.22. The van der Waals surface area contributed by atoms with E-state index in [1.165, 1.54) is 120 Å². The number of hydrogen-bond donors (Lipinski definition) is 0. The molecule has 0 amide bonds. The predicted octanol–water partition coefficient (Wildman–Crippen LogP) is 14.1. The SMILES string of the molecule is CCCCCCCCCCc1ccc(-c2cc3cc4cc5sc(-c6ccc(C#Cc7ccc(C)s7)cc6)cc5cc4cc3s2)cc1. The minimum Gasteiger partial charge on any atom is -0.135 e. The molecule has 0 aliphatic heterocycles. The van der Waals surface area contributed by atoms with Crippen molar-refractivity contribution in [2.24, 2.45) is 0 Å². The van der Waals surface area contributed by atoms with E-state index >= 15 is 0 Å². The maximum absolute atomic E-state index is 3.31. The molecule has 3 heteroatoms. The van der Waals surface area contributed by atoms with Crippen molar-refractivity contribution in [2.75, 3.05) is 0 Å². The first kappa shape index (κ1) is 30.9. The summed E-state index contributed by atoms with van der Waals surface area (Å²) >= 11 is 5.53. The van der Waals surface area contributed by atoms with Crippen LogP contribution in [0.25, 0.3) is 51.8 Å². The molecule has 0 aliphatic carbocycles. The highest BCUT2D eigenvalue weighted by Crippen LogP contribution is 2.40. The first-order valence-corrected chi connectivity index (χ1v) is 19.3. The van der Waals surface area contributed by atoms with Gasteiger partial charge in [-0.3, -0.25) is 0 Å². The molecule has 0 unspecified atom stereocenters. The molecule has 0 radical (unpaired) electrons. The lowest BCUT2D eigenvalue weighted by Gasteiger charge is -2.04. The summed E-state index contributed by atoms with van der Waals surface area (Å²) in [5.41, 5.74) is 5.09. The summed E-state index contributed by atoms with van der Waals surface area (Å²) < 4.78 is 2.69. The Morgan fingerprint density at radius 1 is 0.500 bits per heavy atom. The second-order valence-electron chi connectivity index (χ2n) is 12.5. The number of unbranched alkanes of at least 4 members (excludes halogenated alkanes) is 7. The summed E-state index contributed by atoms with van der Waals surface area (Å²) in [5.74, 6) is 6.61. The van der Waals surface area contributed by atoms with Crippen molar-refractivity contribution in [1.29, 1.82) is 0 Å². The molecule has 0 bridgehead atoms.